The Hall–Kier alpha value is -3.13. The number of hydrogen-bond acceptors (Lipinski definition) is 5. The number of amides is 2. The van der Waals surface area contributed by atoms with Gasteiger partial charge in [-0.3, -0.25) is 9.59 Å². The highest BCUT2D eigenvalue weighted by Gasteiger charge is 2.23. The smallest absolute Gasteiger partial charge is 0.244 e. The molecule has 1 unspecified atom stereocenters. The number of thioether (sulfide) groups is 1. The molecule has 0 radical (unpaired) electrons. The minimum absolute atomic E-state index is 0.0141. The predicted molar refractivity (Wildman–Crippen MR) is 151 cm³/mol. The molecule has 0 aliphatic carbocycles. The number of benzene rings is 3. The van der Waals surface area contributed by atoms with E-state index in [9.17, 15) is 9.59 Å². The molecule has 5 nitrogen and oxygen atoms in total. The number of carbonyl (C=O) groups excluding carboxylic acids is 2. The number of halogens is 1. The fourth-order valence-corrected chi connectivity index (χ4v) is 5.34. The van der Waals surface area contributed by atoms with E-state index in [2.05, 4.69) is 22.5 Å². The lowest BCUT2D eigenvalue weighted by molar-refractivity contribution is -0.116. The molecule has 8 heteroatoms. The molecule has 4 rings (SSSR count). The van der Waals surface area contributed by atoms with E-state index in [4.69, 9.17) is 11.6 Å². The highest BCUT2D eigenvalue weighted by atomic mass is 35.5. The van der Waals surface area contributed by atoms with Crippen LogP contribution in [0, 0.1) is 0 Å². The second kappa shape index (κ2) is 12.7. The van der Waals surface area contributed by atoms with Gasteiger partial charge in [0.1, 0.15) is 5.25 Å². The third-order valence-corrected chi connectivity index (χ3v) is 7.64. The summed E-state index contributed by atoms with van der Waals surface area (Å²) in [5.74, 6) is -0.139. The van der Waals surface area contributed by atoms with Gasteiger partial charge >= 0.3 is 0 Å². The van der Waals surface area contributed by atoms with Gasteiger partial charge in [0, 0.05) is 33.0 Å². The lowest BCUT2D eigenvalue weighted by atomic mass is 10.1. The van der Waals surface area contributed by atoms with Crippen LogP contribution in [0.2, 0.25) is 5.02 Å². The Bertz CT molecular complexity index is 1290. The standard InChI is InChI=1S/C28H26ClN3O2S2/c1-2-3-9-25(33)30-22-14-16-23(17-15-22)36-26(20-7-5-4-6-8-20)27(34)32-28-31-24(18-35-28)19-10-12-21(29)13-11-19/h4-8,10-18,26H,2-3,9H2,1H3,(H,30,33)(H,31,32,34). The topological polar surface area (TPSA) is 71.1 Å². The van der Waals surface area contributed by atoms with Crippen molar-refractivity contribution in [1.29, 1.82) is 0 Å². The van der Waals surface area contributed by atoms with Gasteiger partial charge in [-0.15, -0.1) is 23.1 Å². The summed E-state index contributed by atoms with van der Waals surface area (Å²) in [6, 6.07) is 24.7. The van der Waals surface area contributed by atoms with Gasteiger partial charge in [-0.25, -0.2) is 4.98 Å². The molecule has 2 N–H and O–H groups in total. The molecule has 1 heterocycles. The lowest BCUT2D eigenvalue weighted by Crippen LogP contribution is -2.19. The zero-order valence-electron chi connectivity index (χ0n) is 19.7. The van der Waals surface area contributed by atoms with Gasteiger partial charge in [0.15, 0.2) is 5.13 Å². The monoisotopic (exact) mass is 535 g/mol. The average molecular weight is 536 g/mol. The maximum absolute atomic E-state index is 13.4. The number of aromatic nitrogens is 1. The van der Waals surface area contributed by atoms with Crippen LogP contribution in [0.3, 0.4) is 0 Å². The van der Waals surface area contributed by atoms with E-state index < -0.39 is 5.25 Å². The van der Waals surface area contributed by atoms with Crippen molar-refractivity contribution >= 4 is 57.3 Å². The second-order valence-corrected chi connectivity index (χ2v) is 10.6. The van der Waals surface area contributed by atoms with Crippen LogP contribution in [0.5, 0.6) is 0 Å². The predicted octanol–water partition coefficient (Wildman–Crippen LogP) is 8.06. The normalized spacial score (nSPS) is 11.6. The largest absolute Gasteiger partial charge is 0.326 e. The van der Waals surface area contributed by atoms with E-state index in [0.717, 1.165) is 40.2 Å². The fourth-order valence-electron chi connectivity index (χ4n) is 3.47. The zero-order valence-corrected chi connectivity index (χ0v) is 22.1. The third-order valence-electron chi connectivity index (χ3n) is 5.36. The zero-order chi connectivity index (χ0) is 25.3. The van der Waals surface area contributed by atoms with E-state index in [1.807, 2.05) is 84.2 Å². The van der Waals surface area contributed by atoms with Crippen molar-refractivity contribution in [2.75, 3.05) is 10.6 Å². The summed E-state index contributed by atoms with van der Waals surface area (Å²) in [6.45, 7) is 2.06. The minimum Gasteiger partial charge on any atom is -0.326 e. The first-order valence-corrected chi connectivity index (χ1v) is 13.8. The summed E-state index contributed by atoms with van der Waals surface area (Å²) in [5, 5.41) is 8.55. The molecule has 0 fully saturated rings. The maximum atomic E-state index is 13.4. The summed E-state index contributed by atoms with van der Waals surface area (Å²) in [6.07, 6.45) is 2.36. The van der Waals surface area contributed by atoms with Crippen LogP contribution in [0.4, 0.5) is 10.8 Å². The van der Waals surface area contributed by atoms with E-state index in [0.29, 0.717) is 16.6 Å². The number of anilines is 2. The van der Waals surface area contributed by atoms with E-state index in [1.54, 1.807) is 0 Å². The van der Waals surface area contributed by atoms with Gasteiger partial charge in [0.25, 0.3) is 0 Å². The first kappa shape index (κ1) is 25.9. The van der Waals surface area contributed by atoms with Crippen molar-refractivity contribution < 1.29 is 9.59 Å². The van der Waals surface area contributed by atoms with Crippen LogP contribution in [-0.2, 0) is 9.59 Å². The van der Waals surface area contributed by atoms with Crippen molar-refractivity contribution in [2.24, 2.45) is 0 Å². The van der Waals surface area contributed by atoms with Crippen molar-refractivity contribution in [1.82, 2.24) is 4.98 Å². The summed E-state index contributed by atoms with van der Waals surface area (Å²) in [7, 11) is 0. The van der Waals surface area contributed by atoms with Crippen LogP contribution in [0.15, 0.2) is 89.1 Å². The van der Waals surface area contributed by atoms with E-state index in [-0.39, 0.29) is 11.8 Å². The molecule has 36 heavy (non-hydrogen) atoms. The molecule has 0 bridgehead atoms. The number of hydrogen-bond donors (Lipinski definition) is 2. The van der Waals surface area contributed by atoms with Gasteiger partial charge in [-0.1, -0.05) is 67.4 Å². The quantitative estimate of drug-likeness (QED) is 0.201. The number of nitrogens with one attached hydrogen (secondary N) is 2. The highest BCUT2D eigenvalue weighted by molar-refractivity contribution is 8.00. The number of thiazole rings is 1. The van der Waals surface area contributed by atoms with Crippen LogP contribution < -0.4 is 10.6 Å². The third kappa shape index (κ3) is 7.20. The Balaban J connectivity index is 1.47. The van der Waals surface area contributed by atoms with Gasteiger partial charge in [0.05, 0.1) is 5.69 Å². The molecule has 2 amide bonds. The van der Waals surface area contributed by atoms with Crippen LogP contribution >= 0.6 is 34.7 Å². The van der Waals surface area contributed by atoms with Crippen molar-refractivity contribution in [3.63, 3.8) is 0 Å². The summed E-state index contributed by atoms with van der Waals surface area (Å²) >= 11 is 8.82. The molecular formula is C28H26ClN3O2S2. The first-order valence-electron chi connectivity index (χ1n) is 11.7. The molecule has 184 valence electrons. The SMILES string of the molecule is CCCCC(=O)Nc1ccc(SC(C(=O)Nc2nc(-c3ccc(Cl)cc3)cs2)c2ccccc2)cc1. The highest BCUT2D eigenvalue weighted by Crippen LogP contribution is 2.37. The molecule has 4 aromatic rings. The van der Waals surface area contributed by atoms with E-state index >= 15 is 0 Å². The molecule has 0 aliphatic rings. The lowest BCUT2D eigenvalue weighted by Gasteiger charge is -2.16. The summed E-state index contributed by atoms with van der Waals surface area (Å²) in [5.41, 5.74) is 3.37. The Labute approximate surface area is 224 Å². The van der Waals surface area contributed by atoms with Gasteiger partial charge in [0.2, 0.25) is 11.8 Å². The van der Waals surface area contributed by atoms with Crippen molar-refractivity contribution in [2.45, 2.75) is 36.3 Å². The van der Waals surface area contributed by atoms with Crippen molar-refractivity contribution in [3.05, 3.63) is 94.8 Å². The Morgan fingerprint density at radius 3 is 2.39 bits per heavy atom. The molecule has 0 saturated heterocycles. The molecule has 0 aliphatic heterocycles. The molecule has 1 aromatic heterocycles. The Morgan fingerprint density at radius 1 is 0.972 bits per heavy atom. The Morgan fingerprint density at radius 2 is 1.69 bits per heavy atom. The van der Waals surface area contributed by atoms with Gasteiger partial charge in [-0.2, -0.15) is 0 Å². The molecule has 0 spiro atoms. The first-order chi connectivity index (χ1) is 17.5. The average Bonchev–Trinajstić information content (AvgIpc) is 3.36. The summed E-state index contributed by atoms with van der Waals surface area (Å²) < 4.78 is 0. The molecule has 0 saturated carbocycles. The maximum Gasteiger partial charge on any atom is 0.244 e. The van der Waals surface area contributed by atoms with Crippen LogP contribution in [0.25, 0.3) is 11.3 Å². The number of carbonyl (C=O) groups is 2. The Kier molecular flexibility index (Phi) is 9.17. The van der Waals surface area contributed by atoms with E-state index in [1.165, 1.54) is 23.1 Å². The molecular weight excluding hydrogens is 510 g/mol. The van der Waals surface area contributed by atoms with Crippen molar-refractivity contribution in [3.8, 4) is 11.3 Å². The van der Waals surface area contributed by atoms with Crippen LogP contribution in [0.1, 0.15) is 37.0 Å². The second-order valence-electron chi connectivity index (χ2n) is 8.12. The molecule has 3 aromatic carbocycles. The minimum atomic E-state index is -0.473. The van der Waals surface area contributed by atoms with Gasteiger partial charge in [-0.05, 0) is 48.4 Å². The summed E-state index contributed by atoms with van der Waals surface area (Å²) in [4.78, 5) is 30.9. The molecule has 1 atom stereocenters. The van der Waals surface area contributed by atoms with Gasteiger partial charge < -0.3 is 10.6 Å². The number of rotatable bonds is 10. The number of nitrogens with zero attached hydrogens (tertiary/aromatic N) is 1. The fraction of sp³-hybridized carbons (Fsp3) is 0.179. The van der Waals surface area contributed by atoms with Crippen LogP contribution in [-0.4, -0.2) is 16.8 Å². The number of unbranched alkanes of at least 4 members (excludes halogenated alkanes) is 1.